The third-order valence-electron chi connectivity index (χ3n) is 2.58. The van der Waals surface area contributed by atoms with E-state index in [4.69, 9.17) is 33.0 Å². The lowest BCUT2D eigenvalue weighted by Crippen LogP contribution is -2.30. The van der Waals surface area contributed by atoms with Gasteiger partial charge < -0.3 is 15.2 Å². The van der Waals surface area contributed by atoms with Gasteiger partial charge >= 0.3 is 5.97 Å². The van der Waals surface area contributed by atoms with Crippen molar-refractivity contribution >= 4 is 40.9 Å². The van der Waals surface area contributed by atoms with E-state index >= 15 is 0 Å². The molecule has 2 N–H and O–H groups in total. The number of carbonyl (C=O) groups excluding carboxylic acids is 1. The summed E-state index contributed by atoms with van der Waals surface area (Å²) < 4.78 is 5.10. The maximum absolute atomic E-state index is 11.9. The van der Waals surface area contributed by atoms with Gasteiger partial charge in [0.05, 0.1) is 0 Å². The fourth-order valence-corrected chi connectivity index (χ4v) is 1.92. The lowest BCUT2D eigenvalue weighted by Gasteiger charge is -2.12. The Balaban J connectivity index is 2.02. The third kappa shape index (κ3) is 3.12. The molecule has 2 rings (SSSR count). The average Bonchev–Trinajstić information content (AvgIpc) is 2.84. The van der Waals surface area contributed by atoms with Gasteiger partial charge in [-0.05, 0) is 12.8 Å². The van der Waals surface area contributed by atoms with Gasteiger partial charge in [-0.1, -0.05) is 23.2 Å². The van der Waals surface area contributed by atoms with Crippen LogP contribution in [0.2, 0.25) is 10.2 Å². The normalized spacial score (nSPS) is 22.2. The smallest absolute Gasteiger partial charge is 0.332 e. The zero-order chi connectivity index (χ0) is 14.0. The summed E-state index contributed by atoms with van der Waals surface area (Å²) in [6, 6.07) is 0. The van der Waals surface area contributed by atoms with E-state index in [1.54, 1.807) is 0 Å². The SMILES string of the molecule is O=C(Nc1ncnc(Cl)c1Cl)[C@@H]1CC[C@H](C(=O)O)O1. The molecule has 2 heterocycles. The Labute approximate surface area is 117 Å². The number of carboxylic acids is 1. The average molecular weight is 306 g/mol. The number of ether oxygens (including phenoxy) is 1. The fraction of sp³-hybridized carbons (Fsp3) is 0.400. The zero-order valence-corrected chi connectivity index (χ0v) is 11.0. The molecule has 2 atom stereocenters. The zero-order valence-electron chi connectivity index (χ0n) is 9.47. The molecule has 7 nitrogen and oxygen atoms in total. The van der Waals surface area contributed by atoms with Crippen molar-refractivity contribution in [3.05, 3.63) is 16.5 Å². The number of aliphatic carboxylic acids is 1. The lowest BCUT2D eigenvalue weighted by molar-refractivity contribution is -0.150. The second-order valence-corrected chi connectivity index (χ2v) is 4.58. The van der Waals surface area contributed by atoms with Crippen LogP contribution in [0.1, 0.15) is 12.8 Å². The number of rotatable bonds is 3. The summed E-state index contributed by atoms with van der Waals surface area (Å²) in [5.74, 6) is -1.53. The quantitative estimate of drug-likeness (QED) is 0.817. The number of nitrogens with zero attached hydrogens (tertiary/aromatic N) is 2. The molecule has 0 saturated carbocycles. The fourth-order valence-electron chi connectivity index (χ4n) is 1.64. The molecule has 102 valence electrons. The maximum Gasteiger partial charge on any atom is 0.332 e. The summed E-state index contributed by atoms with van der Waals surface area (Å²) in [4.78, 5) is 30.0. The number of halogens is 2. The first kappa shape index (κ1) is 14.0. The lowest BCUT2D eigenvalue weighted by atomic mass is 10.2. The van der Waals surface area contributed by atoms with Crippen molar-refractivity contribution in [3.63, 3.8) is 0 Å². The van der Waals surface area contributed by atoms with Crippen molar-refractivity contribution in [2.24, 2.45) is 0 Å². The molecule has 0 spiro atoms. The van der Waals surface area contributed by atoms with E-state index in [2.05, 4.69) is 15.3 Å². The Hall–Kier alpha value is -1.44. The van der Waals surface area contributed by atoms with Crippen molar-refractivity contribution in [3.8, 4) is 0 Å². The van der Waals surface area contributed by atoms with Crippen molar-refractivity contribution in [2.45, 2.75) is 25.0 Å². The van der Waals surface area contributed by atoms with Crippen LogP contribution in [0.3, 0.4) is 0 Å². The van der Waals surface area contributed by atoms with Gasteiger partial charge in [-0.25, -0.2) is 14.8 Å². The van der Waals surface area contributed by atoms with Crippen molar-refractivity contribution < 1.29 is 19.4 Å². The summed E-state index contributed by atoms with van der Waals surface area (Å²) in [7, 11) is 0. The van der Waals surface area contributed by atoms with Gasteiger partial charge in [-0.3, -0.25) is 4.79 Å². The highest BCUT2D eigenvalue weighted by molar-refractivity contribution is 6.42. The molecule has 19 heavy (non-hydrogen) atoms. The second kappa shape index (κ2) is 5.68. The van der Waals surface area contributed by atoms with E-state index in [9.17, 15) is 9.59 Å². The van der Waals surface area contributed by atoms with E-state index in [0.29, 0.717) is 6.42 Å². The van der Waals surface area contributed by atoms with E-state index < -0.39 is 24.1 Å². The number of carboxylic acid groups (broad SMARTS) is 1. The molecule has 0 aromatic carbocycles. The van der Waals surface area contributed by atoms with Crippen LogP contribution >= 0.6 is 23.2 Å². The summed E-state index contributed by atoms with van der Waals surface area (Å²) in [5.41, 5.74) is 0. The molecular weight excluding hydrogens is 297 g/mol. The minimum atomic E-state index is -1.08. The van der Waals surface area contributed by atoms with Crippen LogP contribution < -0.4 is 5.32 Å². The molecule has 0 aliphatic carbocycles. The van der Waals surface area contributed by atoms with Crippen LogP contribution in [0.4, 0.5) is 5.82 Å². The van der Waals surface area contributed by atoms with E-state index in [1.165, 1.54) is 0 Å². The van der Waals surface area contributed by atoms with Gasteiger partial charge in [0.15, 0.2) is 17.1 Å². The van der Waals surface area contributed by atoms with Crippen LogP contribution in [0.25, 0.3) is 0 Å². The number of anilines is 1. The molecule has 0 unspecified atom stereocenters. The van der Waals surface area contributed by atoms with Gasteiger partial charge in [0.2, 0.25) is 0 Å². The molecule has 1 aliphatic rings. The van der Waals surface area contributed by atoms with Gasteiger partial charge in [0, 0.05) is 0 Å². The number of hydrogen-bond donors (Lipinski definition) is 2. The highest BCUT2D eigenvalue weighted by atomic mass is 35.5. The summed E-state index contributed by atoms with van der Waals surface area (Å²) in [6.07, 6.45) is -0.0456. The second-order valence-electron chi connectivity index (χ2n) is 3.85. The van der Waals surface area contributed by atoms with Crippen molar-refractivity contribution in [2.75, 3.05) is 5.32 Å². The number of nitrogens with one attached hydrogen (secondary N) is 1. The standard InChI is InChI=1S/C10H9Cl2N3O4/c11-6-7(12)13-3-14-8(6)15-9(16)4-1-2-5(19-4)10(17)18/h3-5H,1-2H2,(H,17,18)(H,13,14,15,16)/t4-,5+/m0/s1. The highest BCUT2D eigenvalue weighted by Gasteiger charge is 2.35. The molecule has 1 amide bonds. The molecule has 0 bridgehead atoms. The Morgan fingerprint density at radius 3 is 2.63 bits per heavy atom. The van der Waals surface area contributed by atoms with Crippen LogP contribution in [-0.2, 0) is 14.3 Å². The van der Waals surface area contributed by atoms with Gasteiger partial charge in [0.25, 0.3) is 5.91 Å². The van der Waals surface area contributed by atoms with Crippen molar-refractivity contribution in [1.29, 1.82) is 0 Å². The number of amides is 1. The van der Waals surface area contributed by atoms with Crippen LogP contribution in [0, 0.1) is 0 Å². The maximum atomic E-state index is 11.9. The van der Waals surface area contributed by atoms with Gasteiger partial charge in [0.1, 0.15) is 17.5 Å². The molecule has 1 fully saturated rings. The number of carbonyl (C=O) groups is 2. The van der Waals surface area contributed by atoms with E-state index in [1.807, 2.05) is 0 Å². The molecular formula is C10H9Cl2N3O4. The molecule has 9 heteroatoms. The number of hydrogen-bond acceptors (Lipinski definition) is 5. The number of aromatic nitrogens is 2. The molecule has 1 aromatic heterocycles. The van der Waals surface area contributed by atoms with Crippen LogP contribution in [0.5, 0.6) is 0 Å². The Bertz CT molecular complexity index is 525. The Morgan fingerprint density at radius 1 is 1.32 bits per heavy atom. The Morgan fingerprint density at radius 2 is 2.00 bits per heavy atom. The molecule has 0 radical (unpaired) electrons. The third-order valence-corrected chi connectivity index (χ3v) is 3.32. The topological polar surface area (TPSA) is 101 Å². The summed E-state index contributed by atoms with van der Waals surface area (Å²) in [5, 5.41) is 11.2. The largest absolute Gasteiger partial charge is 0.479 e. The minimum Gasteiger partial charge on any atom is -0.479 e. The van der Waals surface area contributed by atoms with E-state index in [0.717, 1.165) is 6.33 Å². The first-order chi connectivity index (χ1) is 8.99. The monoisotopic (exact) mass is 305 g/mol. The van der Waals surface area contributed by atoms with Crippen LogP contribution in [-0.4, -0.2) is 39.2 Å². The molecule has 1 aliphatic heterocycles. The van der Waals surface area contributed by atoms with Crippen LogP contribution in [0.15, 0.2) is 6.33 Å². The van der Waals surface area contributed by atoms with Crippen molar-refractivity contribution in [1.82, 2.24) is 9.97 Å². The first-order valence-electron chi connectivity index (χ1n) is 5.34. The highest BCUT2D eigenvalue weighted by Crippen LogP contribution is 2.27. The predicted octanol–water partition coefficient (Wildman–Crippen LogP) is 1.35. The predicted molar refractivity (Wildman–Crippen MR) is 66.2 cm³/mol. The van der Waals surface area contributed by atoms with Gasteiger partial charge in [-0.15, -0.1) is 0 Å². The molecule has 1 saturated heterocycles. The summed E-state index contributed by atoms with van der Waals surface area (Å²) >= 11 is 11.5. The molecule has 1 aromatic rings. The van der Waals surface area contributed by atoms with Gasteiger partial charge in [-0.2, -0.15) is 0 Å². The summed E-state index contributed by atoms with van der Waals surface area (Å²) in [6.45, 7) is 0. The first-order valence-corrected chi connectivity index (χ1v) is 6.09. The Kier molecular flexibility index (Phi) is 4.18. The van der Waals surface area contributed by atoms with E-state index in [-0.39, 0.29) is 22.4 Å². The minimum absolute atomic E-state index is 0.0164.